The summed E-state index contributed by atoms with van der Waals surface area (Å²) in [7, 11) is 0. The number of benzene rings is 2. The molecule has 0 aliphatic rings. The Labute approximate surface area is 203 Å². The van der Waals surface area contributed by atoms with Gasteiger partial charge in [-0.25, -0.2) is 9.18 Å². The number of anilines is 1. The van der Waals surface area contributed by atoms with E-state index in [1.165, 1.54) is 35.6 Å². The summed E-state index contributed by atoms with van der Waals surface area (Å²) in [6.45, 7) is 3.64. The molecule has 0 aliphatic carbocycles. The number of thiophene rings is 1. The van der Waals surface area contributed by atoms with Crippen LogP contribution >= 0.6 is 23.1 Å². The lowest BCUT2D eigenvalue weighted by atomic mass is 10.0. The number of thioether (sulfide) groups is 1. The minimum absolute atomic E-state index is 0.198. The molecule has 0 radical (unpaired) electrons. The summed E-state index contributed by atoms with van der Waals surface area (Å²) in [6.07, 6.45) is 0. The highest BCUT2D eigenvalue weighted by Gasteiger charge is 2.25. The van der Waals surface area contributed by atoms with E-state index in [9.17, 15) is 14.0 Å². The van der Waals surface area contributed by atoms with E-state index in [1.807, 2.05) is 35.7 Å². The summed E-state index contributed by atoms with van der Waals surface area (Å²) in [5.74, 6) is -0.975. The first-order valence-electron chi connectivity index (χ1n) is 10.4. The quantitative estimate of drug-likeness (QED) is 0.239. The fourth-order valence-electron chi connectivity index (χ4n) is 3.07. The SMILES string of the molecule is CCOC(=O)c1c(-c2ccccc2)csc1NC(=O)C(C)Sc1nnc(-c2ccc(F)cc2)o1. The van der Waals surface area contributed by atoms with Crippen molar-refractivity contribution in [1.29, 1.82) is 0 Å². The molecule has 4 aromatic rings. The summed E-state index contributed by atoms with van der Waals surface area (Å²) in [5.41, 5.74) is 2.44. The number of nitrogens with zero attached hydrogens (tertiary/aromatic N) is 2. The molecule has 0 aliphatic heterocycles. The monoisotopic (exact) mass is 497 g/mol. The van der Waals surface area contributed by atoms with E-state index in [4.69, 9.17) is 9.15 Å². The molecule has 1 unspecified atom stereocenters. The van der Waals surface area contributed by atoms with Crippen molar-refractivity contribution in [2.45, 2.75) is 24.3 Å². The number of ether oxygens (including phenoxy) is 1. The fraction of sp³-hybridized carbons (Fsp3) is 0.167. The highest BCUT2D eigenvalue weighted by Crippen LogP contribution is 2.37. The first-order chi connectivity index (χ1) is 16.5. The lowest BCUT2D eigenvalue weighted by Crippen LogP contribution is -2.23. The van der Waals surface area contributed by atoms with Crippen LogP contribution < -0.4 is 5.32 Å². The Bertz CT molecular complexity index is 1290. The molecule has 0 fully saturated rings. The number of halogens is 1. The molecule has 0 saturated carbocycles. The van der Waals surface area contributed by atoms with Gasteiger partial charge in [-0.05, 0) is 43.7 Å². The van der Waals surface area contributed by atoms with Crippen molar-refractivity contribution in [1.82, 2.24) is 10.2 Å². The van der Waals surface area contributed by atoms with Gasteiger partial charge in [0.25, 0.3) is 5.22 Å². The smallest absolute Gasteiger partial charge is 0.341 e. The van der Waals surface area contributed by atoms with Gasteiger partial charge < -0.3 is 14.5 Å². The van der Waals surface area contributed by atoms with Gasteiger partial charge in [-0.3, -0.25) is 4.79 Å². The maximum atomic E-state index is 13.1. The van der Waals surface area contributed by atoms with Crippen molar-refractivity contribution < 1.29 is 23.1 Å². The molecule has 1 amide bonds. The number of amides is 1. The average Bonchev–Trinajstić information content (AvgIpc) is 3.47. The van der Waals surface area contributed by atoms with E-state index in [-0.39, 0.29) is 29.4 Å². The number of rotatable bonds is 8. The number of nitrogens with one attached hydrogen (secondary N) is 1. The largest absolute Gasteiger partial charge is 0.462 e. The highest BCUT2D eigenvalue weighted by molar-refractivity contribution is 8.00. The van der Waals surface area contributed by atoms with Gasteiger partial charge in [-0.2, -0.15) is 0 Å². The van der Waals surface area contributed by atoms with Crippen LogP contribution in [0.15, 0.2) is 69.6 Å². The van der Waals surface area contributed by atoms with E-state index < -0.39 is 11.2 Å². The molecule has 34 heavy (non-hydrogen) atoms. The van der Waals surface area contributed by atoms with Crippen molar-refractivity contribution >= 4 is 40.0 Å². The number of esters is 1. The van der Waals surface area contributed by atoms with Crippen molar-refractivity contribution in [2.24, 2.45) is 0 Å². The second-order valence-electron chi connectivity index (χ2n) is 7.07. The Morgan fingerprint density at radius 3 is 2.56 bits per heavy atom. The molecule has 1 N–H and O–H groups in total. The Kier molecular flexibility index (Phi) is 7.39. The standard InChI is InChI=1S/C24H20FN3O4S2/c1-3-31-23(30)19-18(15-7-5-4-6-8-15)13-33-22(19)26-20(29)14(2)34-24-28-27-21(32-24)16-9-11-17(25)12-10-16/h4-14H,3H2,1-2H3,(H,26,29). The van der Waals surface area contributed by atoms with Gasteiger partial charge in [0.1, 0.15) is 16.4 Å². The summed E-state index contributed by atoms with van der Waals surface area (Å²) in [6, 6.07) is 15.1. The van der Waals surface area contributed by atoms with Gasteiger partial charge >= 0.3 is 5.97 Å². The molecule has 2 heterocycles. The maximum absolute atomic E-state index is 13.1. The van der Waals surface area contributed by atoms with Crippen LogP contribution in [0.1, 0.15) is 24.2 Å². The van der Waals surface area contributed by atoms with E-state index in [2.05, 4.69) is 15.5 Å². The van der Waals surface area contributed by atoms with Crippen molar-refractivity contribution in [3.8, 4) is 22.6 Å². The molecule has 0 bridgehead atoms. The van der Waals surface area contributed by atoms with Gasteiger partial charge in [0.2, 0.25) is 11.8 Å². The van der Waals surface area contributed by atoms with Crippen LogP contribution in [-0.4, -0.2) is 33.9 Å². The number of hydrogen-bond acceptors (Lipinski definition) is 8. The van der Waals surface area contributed by atoms with Gasteiger partial charge in [-0.15, -0.1) is 21.5 Å². The van der Waals surface area contributed by atoms with Gasteiger partial charge in [0.05, 0.1) is 11.9 Å². The van der Waals surface area contributed by atoms with Crippen LogP contribution in [0.4, 0.5) is 9.39 Å². The summed E-state index contributed by atoms with van der Waals surface area (Å²) >= 11 is 2.34. The van der Waals surface area contributed by atoms with Crippen LogP contribution in [0.2, 0.25) is 0 Å². The second kappa shape index (κ2) is 10.6. The number of carbonyl (C=O) groups is 2. The molecule has 10 heteroatoms. The normalized spacial score (nSPS) is 11.7. The summed E-state index contributed by atoms with van der Waals surface area (Å²) in [5, 5.41) is 12.6. The second-order valence-corrected chi connectivity index (χ2v) is 9.24. The molecule has 174 valence electrons. The molecule has 7 nitrogen and oxygen atoms in total. The lowest BCUT2D eigenvalue weighted by Gasteiger charge is -2.11. The molecule has 2 aromatic carbocycles. The predicted octanol–water partition coefficient (Wildman–Crippen LogP) is 5.90. The van der Waals surface area contributed by atoms with Crippen molar-refractivity contribution in [3.63, 3.8) is 0 Å². The zero-order chi connectivity index (χ0) is 24.1. The molecule has 2 aromatic heterocycles. The van der Waals surface area contributed by atoms with Crippen LogP contribution in [0.5, 0.6) is 0 Å². The third-order valence-electron chi connectivity index (χ3n) is 4.74. The topological polar surface area (TPSA) is 94.3 Å². The number of carbonyl (C=O) groups excluding carboxylic acids is 2. The van der Waals surface area contributed by atoms with E-state index >= 15 is 0 Å². The number of hydrogen-bond donors (Lipinski definition) is 1. The maximum Gasteiger partial charge on any atom is 0.341 e. The molecule has 4 rings (SSSR count). The molecule has 1 atom stereocenters. The molecule has 0 spiro atoms. The fourth-order valence-corrected chi connectivity index (χ4v) is 4.71. The Hall–Kier alpha value is -3.50. The van der Waals surface area contributed by atoms with Crippen LogP contribution in [0, 0.1) is 5.82 Å². The lowest BCUT2D eigenvalue weighted by molar-refractivity contribution is -0.115. The summed E-state index contributed by atoms with van der Waals surface area (Å²) < 4.78 is 24.0. The third-order valence-corrected chi connectivity index (χ3v) is 6.57. The highest BCUT2D eigenvalue weighted by atomic mass is 32.2. The van der Waals surface area contributed by atoms with Crippen LogP contribution in [0.25, 0.3) is 22.6 Å². The Balaban J connectivity index is 1.49. The summed E-state index contributed by atoms with van der Waals surface area (Å²) in [4.78, 5) is 25.6. The first-order valence-corrected chi connectivity index (χ1v) is 12.1. The van der Waals surface area contributed by atoms with E-state index in [0.717, 1.165) is 17.3 Å². The van der Waals surface area contributed by atoms with Crippen LogP contribution in [-0.2, 0) is 9.53 Å². The van der Waals surface area contributed by atoms with E-state index in [0.29, 0.717) is 21.7 Å². The van der Waals surface area contributed by atoms with E-state index in [1.54, 1.807) is 13.8 Å². The first kappa shape index (κ1) is 23.7. The zero-order valence-electron chi connectivity index (χ0n) is 18.3. The Morgan fingerprint density at radius 2 is 1.85 bits per heavy atom. The van der Waals surface area contributed by atoms with Gasteiger partial charge in [0, 0.05) is 16.5 Å². The van der Waals surface area contributed by atoms with Crippen molar-refractivity contribution in [3.05, 3.63) is 71.4 Å². The predicted molar refractivity (Wildman–Crippen MR) is 129 cm³/mol. The molecular weight excluding hydrogens is 477 g/mol. The molecule has 0 saturated heterocycles. The third kappa shape index (κ3) is 5.35. The number of aromatic nitrogens is 2. The van der Waals surface area contributed by atoms with Gasteiger partial charge in [-0.1, -0.05) is 42.1 Å². The van der Waals surface area contributed by atoms with Crippen molar-refractivity contribution in [2.75, 3.05) is 11.9 Å². The average molecular weight is 498 g/mol. The van der Waals surface area contributed by atoms with Gasteiger partial charge in [0.15, 0.2) is 0 Å². The molecular formula is C24H20FN3O4S2. The minimum Gasteiger partial charge on any atom is -0.462 e. The zero-order valence-corrected chi connectivity index (χ0v) is 19.9. The van der Waals surface area contributed by atoms with Crippen LogP contribution in [0.3, 0.4) is 0 Å². The Morgan fingerprint density at radius 1 is 1.12 bits per heavy atom. The minimum atomic E-state index is -0.598.